The fourth-order valence-electron chi connectivity index (χ4n) is 3.98. The van der Waals surface area contributed by atoms with Crippen LogP contribution in [0.1, 0.15) is 27.2 Å². The van der Waals surface area contributed by atoms with Gasteiger partial charge in [-0.25, -0.2) is 0 Å². The van der Waals surface area contributed by atoms with Gasteiger partial charge in [0.2, 0.25) is 0 Å². The number of amides is 1. The van der Waals surface area contributed by atoms with E-state index < -0.39 is 5.91 Å². The second kappa shape index (κ2) is 7.80. The predicted molar refractivity (Wildman–Crippen MR) is 119 cm³/mol. The van der Waals surface area contributed by atoms with Gasteiger partial charge in [-0.15, -0.1) is 0 Å². The first kappa shape index (κ1) is 18.8. The van der Waals surface area contributed by atoms with Crippen LogP contribution in [-0.4, -0.2) is 10.5 Å². The highest BCUT2D eigenvalue weighted by Gasteiger charge is 2.25. The maximum Gasteiger partial charge on any atom is 0.251 e. The van der Waals surface area contributed by atoms with E-state index in [1.54, 1.807) is 0 Å². The summed E-state index contributed by atoms with van der Waals surface area (Å²) in [7, 11) is 0. The molecule has 4 rings (SSSR count). The summed E-state index contributed by atoms with van der Waals surface area (Å²) in [5.41, 5.74) is 13.8. The summed E-state index contributed by atoms with van der Waals surface area (Å²) in [5.74, 6) is -0.401. The first-order valence-electron chi connectivity index (χ1n) is 9.76. The number of nitrogens with zero attached hydrogens (tertiary/aromatic N) is 1. The highest BCUT2D eigenvalue weighted by atomic mass is 16.1. The van der Waals surface area contributed by atoms with Crippen molar-refractivity contribution in [2.75, 3.05) is 0 Å². The Morgan fingerprint density at radius 2 is 1.34 bits per heavy atom. The molecular formula is C26H24N2O. The molecule has 3 nitrogen and oxygen atoms in total. The summed E-state index contributed by atoms with van der Waals surface area (Å²) in [6.07, 6.45) is 0. The lowest BCUT2D eigenvalue weighted by atomic mass is 9.96. The third kappa shape index (κ3) is 3.47. The van der Waals surface area contributed by atoms with Crippen LogP contribution in [0.3, 0.4) is 0 Å². The van der Waals surface area contributed by atoms with E-state index in [2.05, 4.69) is 41.8 Å². The van der Waals surface area contributed by atoms with Gasteiger partial charge in [0.1, 0.15) is 0 Å². The summed E-state index contributed by atoms with van der Waals surface area (Å²) in [4.78, 5) is 12.5. The van der Waals surface area contributed by atoms with Gasteiger partial charge in [0.05, 0.1) is 11.3 Å². The molecule has 0 saturated heterocycles. The van der Waals surface area contributed by atoms with Gasteiger partial charge in [-0.05, 0) is 36.1 Å². The molecule has 0 spiro atoms. The number of aromatic nitrogens is 1. The van der Waals surface area contributed by atoms with Gasteiger partial charge in [0, 0.05) is 17.8 Å². The Labute approximate surface area is 171 Å². The lowest BCUT2D eigenvalue weighted by molar-refractivity contribution is 0.1000. The fraction of sp³-hybridized carbons (Fsp3) is 0.115. The number of primary amides is 1. The minimum atomic E-state index is -0.401. The molecule has 3 aromatic carbocycles. The van der Waals surface area contributed by atoms with Crippen LogP contribution in [-0.2, 0) is 6.54 Å². The van der Waals surface area contributed by atoms with Crippen molar-refractivity contribution < 1.29 is 4.79 Å². The molecule has 0 bridgehead atoms. The number of benzene rings is 3. The normalized spacial score (nSPS) is 10.8. The summed E-state index contributed by atoms with van der Waals surface area (Å²) in [6, 6.07) is 28.6. The van der Waals surface area contributed by atoms with Crippen molar-refractivity contribution in [3.05, 3.63) is 107 Å². The van der Waals surface area contributed by atoms with E-state index in [-0.39, 0.29) is 0 Å². The molecule has 4 aromatic rings. The second-order valence-corrected chi connectivity index (χ2v) is 7.29. The van der Waals surface area contributed by atoms with Crippen LogP contribution in [0.4, 0.5) is 0 Å². The molecule has 0 aliphatic heterocycles. The molecule has 0 aliphatic carbocycles. The van der Waals surface area contributed by atoms with E-state index >= 15 is 0 Å². The largest absolute Gasteiger partial charge is 0.366 e. The van der Waals surface area contributed by atoms with Gasteiger partial charge >= 0.3 is 0 Å². The van der Waals surface area contributed by atoms with Crippen LogP contribution < -0.4 is 5.73 Å². The molecule has 0 atom stereocenters. The third-order valence-electron chi connectivity index (χ3n) is 5.47. The second-order valence-electron chi connectivity index (χ2n) is 7.29. The molecule has 1 heterocycles. The van der Waals surface area contributed by atoms with E-state index in [1.807, 2.05) is 61.5 Å². The molecule has 0 fully saturated rings. The first-order chi connectivity index (χ1) is 14.1. The average Bonchev–Trinajstić information content (AvgIpc) is 3.03. The van der Waals surface area contributed by atoms with Crippen LogP contribution in [0.15, 0.2) is 84.9 Å². The molecule has 29 heavy (non-hydrogen) atoms. The molecule has 0 saturated carbocycles. The minimum Gasteiger partial charge on any atom is -0.366 e. The average molecular weight is 380 g/mol. The SMILES string of the molecule is Cc1ccccc1Cn1c(C)c(C(N)=O)c(-c2ccccc2)c1-c1ccccc1. The quantitative estimate of drug-likeness (QED) is 0.482. The smallest absolute Gasteiger partial charge is 0.251 e. The summed E-state index contributed by atoms with van der Waals surface area (Å²) in [5, 5.41) is 0. The molecule has 1 amide bonds. The number of carbonyl (C=O) groups excluding carboxylic acids is 1. The molecule has 3 heteroatoms. The predicted octanol–water partition coefficient (Wildman–Crippen LogP) is 5.59. The summed E-state index contributed by atoms with van der Waals surface area (Å²) < 4.78 is 2.22. The standard InChI is InChI=1S/C26H24N2O/c1-18-11-9-10-16-22(18)17-28-19(2)23(26(27)29)24(20-12-5-3-6-13-20)25(28)21-14-7-4-8-15-21/h3-16H,17H2,1-2H3,(H2,27,29). The van der Waals surface area contributed by atoms with E-state index in [9.17, 15) is 4.79 Å². The zero-order chi connectivity index (χ0) is 20.4. The Morgan fingerprint density at radius 1 is 0.793 bits per heavy atom. The maximum absolute atomic E-state index is 12.5. The number of hydrogen-bond donors (Lipinski definition) is 1. The van der Waals surface area contributed by atoms with Crippen molar-refractivity contribution in [2.24, 2.45) is 5.73 Å². The zero-order valence-electron chi connectivity index (χ0n) is 16.7. The molecule has 0 radical (unpaired) electrons. The van der Waals surface area contributed by atoms with E-state index in [0.717, 1.165) is 28.1 Å². The van der Waals surface area contributed by atoms with Crippen LogP contribution >= 0.6 is 0 Å². The lowest BCUT2D eigenvalue weighted by Gasteiger charge is -2.15. The van der Waals surface area contributed by atoms with Gasteiger partial charge in [-0.3, -0.25) is 4.79 Å². The van der Waals surface area contributed by atoms with E-state index in [1.165, 1.54) is 11.1 Å². The van der Waals surface area contributed by atoms with Gasteiger partial charge < -0.3 is 10.3 Å². The Bertz CT molecular complexity index is 1160. The van der Waals surface area contributed by atoms with E-state index in [0.29, 0.717) is 12.1 Å². The van der Waals surface area contributed by atoms with Gasteiger partial charge in [0.25, 0.3) is 5.91 Å². The van der Waals surface area contributed by atoms with Crippen LogP contribution in [0.25, 0.3) is 22.4 Å². The molecule has 1 aromatic heterocycles. The zero-order valence-corrected chi connectivity index (χ0v) is 16.7. The first-order valence-corrected chi connectivity index (χ1v) is 9.76. The Hall–Kier alpha value is -3.59. The Morgan fingerprint density at radius 3 is 1.93 bits per heavy atom. The number of hydrogen-bond acceptors (Lipinski definition) is 1. The fourth-order valence-corrected chi connectivity index (χ4v) is 3.98. The van der Waals surface area contributed by atoms with E-state index in [4.69, 9.17) is 5.73 Å². The Kier molecular flexibility index (Phi) is 5.05. The van der Waals surface area contributed by atoms with Crippen molar-refractivity contribution >= 4 is 5.91 Å². The number of nitrogens with two attached hydrogens (primary N) is 1. The number of rotatable bonds is 5. The van der Waals surface area contributed by atoms with Gasteiger partial charge in [-0.2, -0.15) is 0 Å². The number of aryl methyl sites for hydroxylation is 1. The summed E-state index contributed by atoms with van der Waals surface area (Å²) >= 11 is 0. The molecule has 0 aliphatic rings. The maximum atomic E-state index is 12.5. The number of carbonyl (C=O) groups is 1. The lowest BCUT2D eigenvalue weighted by Crippen LogP contribution is -2.13. The van der Waals surface area contributed by atoms with Crippen LogP contribution in [0.2, 0.25) is 0 Å². The van der Waals surface area contributed by atoms with Crippen molar-refractivity contribution in [1.82, 2.24) is 4.57 Å². The monoisotopic (exact) mass is 380 g/mol. The highest BCUT2D eigenvalue weighted by Crippen LogP contribution is 2.39. The van der Waals surface area contributed by atoms with Crippen LogP contribution in [0, 0.1) is 13.8 Å². The minimum absolute atomic E-state index is 0.401. The third-order valence-corrected chi connectivity index (χ3v) is 5.47. The molecule has 2 N–H and O–H groups in total. The van der Waals surface area contributed by atoms with Crippen molar-refractivity contribution in [3.63, 3.8) is 0 Å². The van der Waals surface area contributed by atoms with Gasteiger partial charge in [-0.1, -0.05) is 84.9 Å². The topological polar surface area (TPSA) is 48.0 Å². The molecule has 0 unspecified atom stereocenters. The summed E-state index contributed by atoms with van der Waals surface area (Å²) in [6.45, 7) is 4.77. The highest BCUT2D eigenvalue weighted by molar-refractivity contribution is 6.05. The Balaban J connectivity index is 2.05. The molecular weight excluding hydrogens is 356 g/mol. The van der Waals surface area contributed by atoms with Crippen molar-refractivity contribution in [2.45, 2.75) is 20.4 Å². The van der Waals surface area contributed by atoms with Gasteiger partial charge in [0.15, 0.2) is 0 Å². The molecule has 144 valence electrons. The van der Waals surface area contributed by atoms with Crippen molar-refractivity contribution in [1.29, 1.82) is 0 Å². The van der Waals surface area contributed by atoms with Crippen molar-refractivity contribution in [3.8, 4) is 22.4 Å². The van der Waals surface area contributed by atoms with Crippen LogP contribution in [0.5, 0.6) is 0 Å².